The van der Waals surface area contributed by atoms with Crippen molar-refractivity contribution in [3.05, 3.63) is 143 Å². The molecule has 0 aromatic heterocycles. The first-order chi connectivity index (χ1) is 21.3. The predicted molar refractivity (Wildman–Crippen MR) is 181 cm³/mol. The Bertz CT molecular complexity index is 1850. The van der Waals surface area contributed by atoms with Crippen LogP contribution in [0.5, 0.6) is 0 Å². The van der Waals surface area contributed by atoms with Crippen molar-refractivity contribution in [1.29, 1.82) is 0 Å². The molecule has 3 N–H and O–H groups in total. The van der Waals surface area contributed by atoms with Crippen molar-refractivity contribution in [2.45, 2.75) is 24.0 Å². The SMILES string of the molecule is Cc1ccc(Cl)cc1NC(=O)C(C)Sc1ccc(NC(=O)/C(=C/c2cccc3ccccc23)NC(=O)c2ccccc2)cc1. The third kappa shape index (κ3) is 7.75. The molecular formula is C36H30ClN3O3S. The van der Waals surface area contributed by atoms with Crippen molar-refractivity contribution >= 4 is 69.3 Å². The lowest BCUT2D eigenvalue weighted by Gasteiger charge is -2.15. The first-order valence-electron chi connectivity index (χ1n) is 14.0. The number of carbonyl (C=O) groups is 3. The molecule has 5 rings (SSSR count). The minimum Gasteiger partial charge on any atom is -0.325 e. The lowest BCUT2D eigenvalue weighted by atomic mass is 10.0. The van der Waals surface area contributed by atoms with Crippen molar-refractivity contribution in [2.24, 2.45) is 0 Å². The van der Waals surface area contributed by atoms with Gasteiger partial charge in [-0.15, -0.1) is 11.8 Å². The number of hydrogen-bond donors (Lipinski definition) is 3. The van der Waals surface area contributed by atoms with E-state index in [9.17, 15) is 14.4 Å². The minimum absolute atomic E-state index is 0.107. The van der Waals surface area contributed by atoms with Crippen LogP contribution in [0.2, 0.25) is 5.02 Å². The highest BCUT2D eigenvalue weighted by Gasteiger charge is 2.18. The zero-order chi connectivity index (χ0) is 31.1. The summed E-state index contributed by atoms with van der Waals surface area (Å²) in [5, 5.41) is 10.8. The lowest BCUT2D eigenvalue weighted by molar-refractivity contribution is -0.115. The fourth-order valence-corrected chi connectivity index (χ4v) is 5.55. The van der Waals surface area contributed by atoms with Crippen LogP contribution < -0.4 is 16.0 Å². The van der Waals surface area contributed by atoms with Gasteiger partial charge in [0, 0.05) is 26.9 Å². The number of benzene rings is 5. The van der Waals surface area contributed by atoms with Gasteiger partial charge < -0.3 is 16.0 Å². The third-order valence-corrected chi connectivity index (χ3v) is 8.25. The summed E-state index contributed by atoms with van der Waals surface area (Å²) >= 11 is 7.48. The predicted octanol–water partition coefficient (Wildman–Crippen LogP) is 8.33. The van der Waals surface area contributed by atoms with Gasteiger partial charge in [0.15, 0.2) is 0 Å². The fourth-order valence-electron chi connectivity index (χ4n) is 4.51. The van der Waals surface area contributed by atoms with E-state index in [0.717, 1.165) is 26.8 Å². The van der Waals surface area contributed by atoms with Crippen molar-refractivity contribution in [3.63, 3.8) is 0 Å². The second-order valence-electron chi connectivity index (χ2n) is 10.1. The lowest BCUT2D eigenvalue weighted by Crippen LogP contribution is -2.30. The van der Waals surface area contributed by atoms with Crippen LogP contribution in [-0.2, 0) is 9.59 Å². The molecule has 1 atom stereocenters. The van der Waals surface area contributed by atoms with E-state index < -0.39 is 5.91 Å². The van der Waals surface area contributed by atoms with Gasteiger partial charge in [0.25, 0.3) is 11.8 Å². The molecule has 5 aromatic rings. The zero-order valence-electron chi connectivity index (χ0n) is 24.1. The Labute approximate surface area is 265 Å². The van der Waals surface area contributed by atoms with Crippen molar-refractivity contribution in [2.75, 3.05) is 10.6 Å². The number of rotatable bonds is 9. The molecule has 6 nitrogen and oxygen atoms in total. The Hall–Kier alpha value is -4.85. The quantitative estimate of drug-likeness (QED) is 0.114. The number of hydrogen-bond acceptors (Lipinski definition) is 4. The Kier molecular flexibility index (Phi) is 9.79. The molecule has 5 aromatic carbocycles. The van der Waals surface area contributed by atoms with Crippen LogP contribution in [0, 0.1) is 6.92 Å². The Morgan fingerprint density at radius 3 is 2.27 bits per heavy atom. The first-order valence-corrected chi connectivity index (χ1v) is 15.2. The van der Waals surface area contributed by atoms with Crippen LogP contribution in [0.15, 0.2) is 126 Å². The molecule has 220 valence electrons. The average Bonchev–Trinajstić information content (AvgIpc) is 3.03. The number of fused-ring (bicyclic) bond motifs is 1. The maximum absolute atomic E-state index is 13.5. The van der Waals surface area contributed by atoms with E-state index in [4.69, 9.17) is 11.6 Å². The number of amides is 3. The smallest absolute Gasteiger partial charge is 0.272 e. The Morgan fingerprint density at radius 1 is 0.795 bits per heavy atom. The fraction of sp³-hybridized carbons (Fsp3) is 0.0833. The summed E-state index contributed by atoms with van der Waals surface area (Å²) in [6, 6.07) is 35.0. The molecule has 0 heterocycles. The van der Waals surface area contributed by atoms with Gasteiger partial charge in [-0.25, -0.2) is 0 Å². The third-order valence-electron chi connectivity index (χ3n) is 6.90. The van der Waals surface area contributed by atoms with Crippen molar-refractivity contribution in [1.82, 2.24) is 5.32 Å². The second-order valence-corrected chi connectivity index (χ2v) is 12.0. The van der Waals surface area contributed by atoms with Crippen LogP contribution in [0.4, 0.5) is 11.4 Å². The van der Waals surface area contributed by atoms with Gasteiger partial charge in [-0.2, -0.15) is 0 Å². The topological polar surface area (TPSA) is 87.3 Å². The maximum Gasteiger partial charge on any atom is 0.272 e. The summed E-state index contributed by atoms with van der Waals surface area (Å²) in [6.07, 6.45) is 1.69. The highest BCUT2D eigenvalue weighted by atomic mass is 35.5. The molecule has 8 heteroatoms. The van der Waals surface area contributed by atoms with Crippen LogP contribution in [0.25, 0.3) is 16.8 Å². The van der Waals surface area contributed by atoms with E-state index in [0.29, 0.717) is 22.0 Å². The van der Waals surface area contributed by atoms with Crippen LogP contribution in [-0.4, -0.2) is 23.0 Å². The van der Waals surface area contributed by atoms with E-state index in [1.54, 1.807) is 54.6 Å². The number of aryl methyl sites for hydroxylation is 1. The summed E-state index contributed by atoms with van der Waals surface area (Å²) in [4.78, 5) is 40.3. The molecular weight excluding hydrogens is 590 g/mol. The molecule has 0 fully saturated rings. The summed E-state index contributed by atoms with van der Waals surface area (Å²) in [7, 11) is 0. The van der Waals surface area contributed by atoms with Crippen LogP contribution in [0.1, 0.15) is 28.4 Å². The minimum atomic E-state index is -0.466. The molecule has 3 amide bonds. The number of halogens is 1. The molecule has 1 unspecified atom stereocenters. The number of anilines is 2. The average molecular weight is 620 g/mol. The van der Waals surface area contributed by atoms with Gasteiger partial charge in [0.1, 0.15) is 5.70 Å². The summed E-state index contributed by atoms with van der Waals surface area (Å²) in [6.45, 7) is 3.74. The largest absolute Gasteiger partial charge is 0.325 e. The Morgan fingerprint density at radius 2 is 1.50 bits per heavy atom. The molecule has 0 aliphatic heterocycles. The van der Waals surface area contributed by atoms with Gasteiger partial charge in [0.05, 0.1) is 5.25 Å². The summed E-state index contributed by atoms with van der Waals surface area (Å²) < 4.78 is 0. The van der Waals surface area contributed by atoms with Crippen LogP contribution in [0.3, 0.4) is 0 Å². The Balaban J connectivity index is 1.31. The highest BCUT2D eigenvalue weighted by molar-refractivity contribution is 8.00. The van der Waals surface area contributed by atoms with Crippen LogP contribution >= 0.6 is 23.4 Å². The second kappa shape index (κ2) is 14.1. The van der Waals surface area contributed by atoms with Gasteiger partial charge >= 0.3 is 0 Å². The molecule has 0 spiro atoms. The highest BCUT2D eigenvalue weighted by Crippen LogP contribution is 2.27. The molecule has 0 aliphatic rings. The number of thioether (sulfide) groups is 1. The summed E-state index contributed by atoms with van der Waals surface area (Å²) in [5.74, 6) is -0.999. The van der Waals surface area contributed by atoms with Gasteiger partial charge in [-0.05, 0) is 90.4 Å². The monoisotopic (exact) mass is 619 g/mol. The van der Waals surface area contributed by atoms with E-state index in [1.165, 1.54) is 11.8 Å². The maximum atomic E-state index is 13.5. The standard InChI is InChI=1S/C36H30ClN3O3S/c1-23-15-16-28(37)22-32(23)39-34(41)24(2)44-30-19-17-29(18-20-30)38-36(43)33(40-35(42)26-10-4-3-5-11-26)21-27-13-8-12-25-9-6-7-14-31(25)27/h3-22,24H,1-2H3,(H,38,43)(H,39,41)(H,40,42)/b33-21-. The number of carbonyl (C=O) groups excluding carboxylic acids is 3. The molecule has 0 saturated heterocycles. The van der Waals surface area contributed by atoms with Crippen molar-refractivity contribution < 1.29 is 14.4 Å². The van der Waals surface area contributed by atoms with E-state index >= 15 is 0 Å². The van der Waals surface area contributed by atoms with E-state index in [2.05, 4.69) is 16.0 Å². The summed E-state index contributed by atoms with van der Waals surface area (Å²) in [5.41, 5.74) is 3.50. The van der Waals surface area contributed by atoms with Gasteiger partial charge in [-0.1, -0.05) is 78.3 Å². The van der Waals surface area contributed by atoms with Gasteiger partial charge in [0.2, 0.25) is 5.91 Å². The normalized spacial score (nSPS) is 11.9. The van der Waals surface area contributed by atoms with E-state index in [1.807, 2.05) is 80.6 Å². The van der Waals surface area contributed by atoms with E-state index in [-0.39, 0.29) is 22.8 Å². The molecule has 0 saturated carbocycles. The first kappa shape index (κ1) is 30.6. The van der Waals surface area contributed by atoms with Crippen molar-refractivity contribution in [3.8, 4) is 0 Å². The molecule has 0 radical (unpaired) electrons. The zero-order valence-corrected chi connectivity index (χ0v) is 25.7. The molecule has 0 aliphatic carbocycles. The molecule has 44 heavy (non-hydrogen) atoms. The molecule has 0 bridgehead atoms. The van der Waals surface area contributed by atoms with Gasteiger partial charge in [-0.3, -0.25) is 14.4 Å². The number of nitrogens with one attached hydrogen (secondary N) is 3.